The van der Waals surface area contributed by atoms with Crippen LogP contribution in [-0.2, 0) is 0 Å². The minimum atomic E-state index is -0.0452. The van der Waals surface area contributed by atoms with Crippen LogP contribution in [0.1, 0.15) is 24.2 Å². The molecule has 0 saturated carbocycles. The zero-order chi connectivity index (χ0) is 21.3. The Balaban J connectivity index is 1.63. The SMILES string of the molecule is CC(C)CN(C)C(=O)c1ccc(-c2cnc3c(-c4ccccn4)c(N)nn3c2)nc1. The molecular weight excluding hydrogens is 378 g/mol. The van der Waals surface area contributed by atoms with Crippen LogP contribution in [0, 0.1) is 5.92 Å². The first-order valence-corrected chi connectivity index (χ1v) is 9.71. The van der Waals surface area contributed by atoms with E-state index >= 15 is 0 Å². The van der Waals surface area contributed by atoms with E-state index in [1.807, 2.05) is 30.5 Å². The summed E-state index contributed by atoms with van der Waals surface area (Å²) in [7, 11) is 1.80. The Bertz CT molecular complexity index is 1180. The lowest BCUT2D eigenvalue weighted by Crippen LogP contribution is -2.30. The average molecular weight is 401 g/mol. The molecule has 0 saturated heterocycles. The summed E-state index contributed by atoms with van der Waals surface area (Å²) in [6.45, 7) is 4.85. The Labute approximate surface area is 174 Å². The van der Waals surface area contributed by atoms with Gasteiger partial charge in [-0.05, 0) is 30.2 Å². The molecule has 0 spiro atoms. The number of hydrogen-bond acceptors (Lipinski definition) is 6. The monoisotopic (exact) mass is 401 g/mol. The number of nitrogens with two attached hydrogens (primary N) is 1. The Kier molecular flexibility index (Phi) is 5.14. The Morgan fingerprint density at radius 1 is 1.10 bits per heavy atom. The van der Waals surface area contributed by atoms with E-state index in [0.29, 0.717) is 40.7 Å². The van der Waals surface area contributed by atoms with Gasteiger partial charge in [-0.3, -0.25) is 14.8 Å². The van der Waals surface area contributed by atoms with Gasteiger partial charge in [-0.1, -0.05) is 19.9 Å². The molecule has 4 aromatic rings. The maximum atomic E-state index is 12.5. The van der Waals surface area contributed by atoms with Gasteiger partial charge >= 0.3 is 0 Å². The molecule has 0 bridgehead atoms. The molecule has 0 atom stereocenters. The van der Waals surface area contributed by atoms with Crippen LogP contribution >= 0.6 is 0 Å². The van der Waals surface area contributed by atoms with Crippen LogP contribution in [0.15, 0.2) is 55.1 Å². The molecule has 0 aliphatic rings. The molecule has 30 heavy (non-hydrogen) atoms. The van der Waals surface area contributed by atoms with Gasteiger partial charge in [0.25, 0.3) is 5.91 Å². The van der Waals surface area contributed by atoms with Gasteiger partial charge in [0, 0.05) is 43.9 Å². The minimum absolute atomic E-state index is 0.0452. The van der Waals surface area contributed by atoms with Crippen molar-refractivity contribution >= 4 is 17.4 Å². The van der Waals surface area contributed by atoms with Crippen LogP contribution in [0.4, 0.5) is 5.82 Å². The van der Waals surface area contributed by atoms with Crippen molar-refractivity contribution in [1.82, 2.24) is 29.5 Å². The van der Waals surface area contributed by atoms with Gasteiger partial charge in [0.1, 0.15) is 0 Å². The third kappa shape index (κ3) is 3.71. The van der Waals surface area contributed by atoms with E-state index in [0.717, 1.165) is 11.3 Å². The first-order valence-electron chi connectivity index (χ1n) is 9.71. The minimum Gasteiger partial charge on any atom is -0.382 e. The summed E-state index contributed by atoms with van der Waals surface area (Å²) in [6, 6.07) is 9.20. The van der Waals surface area contributed by atoms with Crippen LogP contribution in [0.2, 0.25) is 0 Å². The first kappa shape index (κ1) is 19.5. The van der Waals surface area contributed by atoms with Gasteiger partial charge in [0.05, 0.1) is 22.5 Å². The Morgan fingerprint density at radius 2 is 1.93 bits per heavy atom. The number of carbonyl (C=O) groups excluding carboxylic acids is 1. The second-order valence-electron chi connectivity index (χ2n) is 7.60. The fourth-order valence-corrected chi connectivity index (χ4v) is 3.38. The molecule has 0 aromatic carbocycles. The van der Waals surface area contributed by atoms with Gasteiger partial charge in [-0.15, -0.1) is 5.10 Å². The first-order chi connectivity index (χ1) is 14.4. The molecule has 0 aliphatic heterocycles. The van der Waals surface area contributed by atoms with Gasteiger partial charge in [-0.2, -0.15) is 0 Å². The number of anilines is 1. The van der Waals surface area contributed by atoms with Crippen molar-refractivity contribution in [3.63, 3.8) is 0 Å². The van der Waals surface area contributed by atoms with Gasteiger partial charge in [0.2, 0.25) is 0 Å². The highest BCUT2D eigenvalue weighted by Gasteiger charge is 2.16. The maximum Gasteiger partial charge on any atom is 0.255 e. The summed E-state index contributed by atoms with van der Waals surface area (Å²) in [5.41, 5.74) is 10.2. The van der Waals surface area contributed by atoms with Crippen LogP contribution in [0.5, 0.6) is 0 Å². The number of rotatable bonds is 5. The van der Waals surface area contributed by atoms with E-state index in [1.54, 1.807) is 41.1 Å². The molecule has 152 valence electrons. The Morgan fingerprint density at radius 3 is 2.60 bits per heavy atom. The van der Waals surface area contributed by atoms with Crippen LogP contribution < -0.4 is 5.73 Å². The lowest BCUT2D eigenvalue weighted by molar-refractivity contribution is 0.0779. The van der Waals surface area contributed by atoms with Gasteiger partial charge in [-0.25, -0.2) is 9.50 Å². The summed E-state index contributed by atoms with van der Waals surface area (Å²) in [5.74, 6) is 0.720. The van der Waals surface area contributed by atoms with Crippen LogP contribution in [0.25, 0.3) is 28.2 Å². The number of nitrogens with zero attached hydrogens (tertiary/aromatic N) is 6. The zero-order valence-corrected chi connectivity index (χ0v) is 17.1. The van der Waals surface area contributed by atoms with Crippen LogP contribution in [0.3, 0.4) is 0 Å². The lowest BCUT2D eigenvalue weighted by Gasteiger charge is -2.19. The molecule has 8 heteroatoms. The summed E-state index contributed by atoms with van der Waals surface area (Å²) in [5, 5.41) is 4.38. The van der Waals surface area contributed by atoms with Crippen molar-refractivity contribution in [2.45, 2.75) is 13.8 Å². The fraction of sp³-hybridized carbons (Fsp3) is 0.227. The van der Waals surface area contributed by atoms with E-state index in [9.17, 15) is 4.79 Å². The van der Waals surface area contributed by atoms with E-state index in [2.05, 4.69) is 33.9 Å². The second kappa shape index (κ2) is 7.90. The highest BCUT2D eigenvalue weighted by molar-refractivity contribution is 5.94. The summed E-state index contributed by atoms with van der Waals surface area (Å²) < 4.78 is 1.63. The largest absolute Gasteiger partial charge is 0.382 e. The highest BCUT2D eigenvalue weighted by atomic mass is 16.2. The predicted molar refractivity (Wildman–Crippen MR) is 116 cm³/mol. The quantitative estimate of drug-likeness (QED) is 0.551. The van der Waals surface area contributed by atoms with Crippen molar-refractivity contribution < 1.29 is 4.79 Å². The predicted octanol–water partition coefficient (Wildman–Crippen LogP) is 3.16. The van der Waals surface area contributed by atoms with Gasteiger partial charge in [0.15, 0.2) is 11.5 Å². The molecule has 2 N–H and O–H groups in total. The number of hydrogen-bond donors (Lipinski definition) is 1. The zero-order valence-electron chi connectivity index (χ0n) is 17.1. The molecule has 8 nitrogen and oxygen atoms in total. The van der Waals surface area contributed by atoms with E-state index in [-0.39, 0.29) is 5.91 Å². The molecule has 0 radical (unpaired) electrons. The second-order valence-corrected chi connectivity index (χ2v) is 7.60. The molecule has 0 aliphatic carbocycles. The third-order valence-corrected chi connectivity index (χ3v) is 4.71. The number of carbonyl (C=O) groups is 1. The fourth-order valence-electron chi connectivity index (χ4n) is 3.38. The average Bonchev–Trinajstić information content (AvgIpc) is 3.08. The third-order valence-electron chi connectivity index (χ3n) is 4.71. The van der Waals surface area contributed by atoms with Crippen molar-refractivity contribution in [3.8, 4) is 22.5 Å². The summed E-state index contributed by atoms with van der Waals surface area (Å²) >= 11 is 0. The lowest BCUT2D eigenvalue weighted by atomic mass is 10.1. The molecule has 0 unspecified atom stereocenters. The standard InChI is InChI=1S/C22H23N7O/c1-14(2)12-28(3)22(30)15-7-8-17(25-10-15)16-11-26-21-19(18-6-4-5-9-24-18)20(23)27-29(21)13-16/h4-11,13-14H,12H2,1-3H3,(H2,23,27). The normalized spacial score (nSPS) is 11.2. The van der Waals surface area contributed by atoms with Crippen molar-refractivity contribution in [1.29, 1.82) is 0 Å². The molecule has 4 heterocycles. The highest BCUT2D eigenvalue weighted by Crippen LogP contribution is 2.28. The molecule has 4 rings (SSSR count). The van der Waals surface area contributed by atoms with E-state index in [1.165, 1.54) is 0 Å². The Hall–Kier alpha value is -3.81. The van der Waals surface area contributed by atoms with Crippen LogP contribution in [-0.4, -0.2) is 49.0 Å². The molecule has 1 amide bonds. The summed E-state index contributed by atoms with van der Waals surface area (Å²) in [6.07, 6.45) is 6.84. The van der Waals surface area contributed by atoms with Crippen molar-refractivity contribution in [2.24, 2.45) is 5.92 Å². The summed E-state index contributed by atoms with van der Waals surface area (Å²) in [4.78, 5) is 27.6. The topological polar surface area (TPSA) is 102 Å². The number of nitrogen functional groups attached to an aromatic ring is 1. The molecular formula is C22H23N7O. The van der Waals surface area contributed by atoms with E-state index < -0.39 is 0 Å². The number of amides is 1. The molecule has 0 fully saturated rings. The van der Waals surface area contributed by atoms with E-state index in [4.69, 9.17) is 5.73 Å². The smallest absolute Gasteiger partial charge is 0.255 e. The van der Waals surface area contributed by atoms with Crippen molar-refractivity contribution in [3.05, 3.63) is 60.7 Å². The molecule has 4 aromatic heterocycles. The van der Waals surface area contributed by atoms with Gasteiger partial charge < -0.3 is 10.6 Å². The van der Waals surface area contributed by atoms with Crippen molar-refractivity contribution in [2.75, 3.05) is 19.3 Å². The number of pyridine rings is 2. The maximum absolute atomic E-state index is 12.5. The number of aromatic nitrogens is 5. The number of fused-ring (bicyclic) bond motifs is 1.